The van der Waals surface area contributed by atoms with Crippen LogP contribution in [0, 0.1) is 5.92 Å². The summed E-state index contributed by atoms with van der Waals surface area (Å²) < 4.78 is 10.7. The van der Waals surface area contributed by atoms with Crippen LogP contribution in [0.25, 0.3) is 0 Å². The number of aliphatic hydroxyl groups is 1. The van der Waals surface area contributed by atoms with E-state index in [-0.39, 0.29) is 6.10 Å². The predicted molar refractivity (Wildman–Crippen MR) is 74.7 cm³/mol. The van der Waals surface area contributed by atoms with Gasteiger partial charge in [0.25, 0.3) is 0 Å². The van der Waals surface area contributed by atoms with Gasteiger partial charge in [-0.05, 0) is 56.1 Å². The summed E-state index contributed by atoms with van der Waals surface area (Å²) in [6.45, 7) is 2.58. The molecular weight excluding hydrogens is 242 g/mol. The topological polar surface area (TPSA) is 50.7 Å². The van der Waals surface area contributed by atoms with E-state index in [0.29, 0.717) is 18.9 Å². The SMILES string of the molecule is COc1ccc(OCCC(O)C2CCNCC2)cc1. The zero-order valence-corrected chi connectivity index (χ0v) is 11.5. The third kappa shape index (κ3) is 4.40. The van der Waals surface area contributed by atoms with Gasteiger partial charge in [-0.1, -0.05) is 0 Å². The van der Waals surface area contributed by atoms with Crippen LogP contribution >= 0.6 is 0 Å². The van der Waals surface area contributed by atoms with E-state index in [0.717, 1.165) is 37.4 Å². The maximum atomic E-state index is 10.1. The standard InChI is InChI=1S/C15H23NO3/c1-18-13-2-4-14(5-3-13)19-11-8-15(17)12-6-9-16-10-7-12/h2-5,12,15-17H,6-11H2,1H3. The summed E-state index contributed by atoms with van der Waals surface area (Å²) in [5.74, 6) is 2.06. The van der Waals surface area contributed by atoms with Crippen LogP contribution < -0.4 is 14.8 Å². The van der Waals surface area contributed by atoms with Crippen LogP contribution in [0.2, 0.25) is 0 Å². The second-order valence-electron chi connectivity index (χ2n) is 4.97. The molecule has 1 heterocycles. The largest absolute Gasteiger partial charge is 0.497 e. The molecule has 0 aliphatic carbocycles. The molecule has 0 bridgehead atoms. The van der Waals surface area contributed by atoms with E-state index in [1.54, 1.807) is 7.11 Å². The molecule has 1 unspecified atom stereocenters. The summed E-state index contributed by atoms with van der Waals surface area (Å²) in [4.78, 5) is 0. The van der Waals surface area contributed by atoms with Crippen molar-refractivity contribution in [2.45, 2.75) is 25.4 Å². The van der Waals surface area contributed by atoms with Gasteiger partial charge in [-0.25, -0.2) is 0 Å². The second-order valence-corrected chi connectivity index (χ2v) is 4.97. The lowest BCUT2D eigenvalue weighted by molar-refractivity contribution is 0.0674. The van der Waals surface area contributed by atoms with Gasteiger partial charge in [0, 0.05) is 6.42 Å². The summed E-state index contributed by atoms with van der Waals surface area (Å²) >= 11 is 0. The number of piperidine rings is 1. The zero-order valence-electron chi connectivity index (χ0n) is 11.5. The van der Waals surface area contributed by atoms with E-state index in [1.165, 1.54) is 0 Å². The lowest BCUT2D eigenvalue weighted by Gasteiger charge is -2.27. The van der Waals surface area contributed by atoms with Crippen molar-refractivity contribution < 1.29 is 14.6 Å². The molecular formula is C15H23NO3. The highest BCUT2D eigenvalue weighted by atomic mass is 16.5. The van der Waals surface area contributed by atoms with Crippen molar-refractivity contribution in [2.75, 3.05) is 26.8 Å². The van der Waals surface area contributed by atoms with Crippen molar-refractivity contribution in [3.05, 3.63) is 24.3 Å². The number of ether oxygens (including phenoxy) is 2. The van der Waals surface area contributed by atoms with Crippen LogP contribution in [0.1, 0.15) is 19.3 Å². The summed E-state index contributed by atoms with van der Waals surface area (Å²) in [6.07, 6.45) is 2.56. The third-order valence-corrected chi connectivity index (χ3v) is 3.67. The summed E-state index contributed by atoms with van der Waals surface area (Å²) in [7, 11) is 1.64. The van der Waals surface area contributed by atoms with E-state index in [1.807, 2.05) is 24.3 Å². The molecule has 1 aromatic rings. The Kier molecular flexibility index (Phi) is 5.48. The molecule has 1 saturated heterocycles. The number of benzene rings is 1. The zero-order chi connectivity index (χ0) is 13.5. The molecule has 0 saturated carbocycles. The maximum absolute atomic E-state index is 10.1. The lowest BCUT2D eigenvalue weighted by Crippen LogP contribution is -2.34. The molecule has 4 nitrogen and oxygen atoms in total. The van der Waals surface area contributed by atoms with Crippen LogP contribution in [0.5, 0.6) is 11.5 Å². The Morgan fingerprint density at radius 3 is 2.47 bits per heavy atom. The normalized spacial score (nSPS) is 18.0. The molecule has 19 heavy (non-hydrogen) atoms. The Bertz CT molecular complexity index is 360. The monoisotopic (exact) mass is 265 g/mol. The number of rotatable bonds is 6. The van der Waals surface area contributed by atoms with Gasteiger partial charge in [-0.2, -0.15) is 0 Å². The molecule has 1 aliphatic heterocycles. The van der Waals surface area contributed by atoms with Crippen molar-refractivity contribution in [3.63, 3.8) is 0 Å². The quantitative estimate of drug-likeness (QED) is 0.824. The van der Waals surface area contributed by atoms with Gasteiger partial charge < -0.3 is 19.9 Å². The fraction of sp³-hybridized carbons (Fsp3) is 0.600. The predicted octanol–water partition coefficient (Wildman–Crippen LogP) is 1.82. The molecule has 1 atom stereocenters. The summed E-state index contributed by atoms with van der Waals surface area (Å²) in [5.41, 5.74) is 0. The van der Waals surface area contributed by atoms with Crippen molar-refractivity contribution >= 4 is 0 Å². The van der Waals surface area contributed by atoms with Gasteiger partial charge in [0.2, 0.25) is 0 Å². The molecule has 0 amide bonds. The van der Waals surface area contributed by atoms with Crippen LogP contribution in [0.15, 0.2) is 24.3 Å². The Balaban J connectivity index is 1.69. The van der Waals surface area contributed by atoms with Gasteiger partial charge in [-0.3, -0.25) is 0 Å². The van der Waals surface area contributed by atoms with E-state index < -0.39 is 0 Å². The van der Waals surface area contributed by atoms with Crippen LogP contribution in [0.3, 0.4) is 0 Å². The highest BCUT2D eigenvalue weighted by Gasteiger charge is 2.21. The minimum Gasteiger partial charge on any atom is -0.497 e. The van der Waals surface area contributed by atoms with Crippen LogP contribution in [-0.4, -0.2) is 38.0 Å². The van der Waals surface area contributed by atoms with Crippen molar-refractivity contribution in [1.29, 1.82) is 0 Å². The Morgan fingerprint density at radius 2 is 1.84 bits per heavy atom. The second kappa shape index (κ2) is 7.36. The Labute approximate surface area is 114 Å². The maximum Gasteiger partial charge on any atom is 0.119 e. The molecule has 106 valence electrons. The Hall–Kier alpha value is -1.26. The van der Waals surface area contributed by atoms with Crippen LogP contribution in [0.4, 0.5) is 0 Å². The van der Waals surface area contributed by atoms with E-state index in [4.69, 9.17) is 9.47 Å². The minimum atomic E-state index is -0.250. The lowest BCUT2D eigenvalue weighted by atomic mass is 9.91. The first kappa shape index (κ1) is 14.2. The average Bonchev–Trinajstić information content (AvgIpc) is 2.49. The van der Waals surface area contributed by atoms with Gasteiger partial charge in [0.05, 0.1) is 19.8 Å². The third-order valence-electron chi connectivity index (χ3n) is 3.67. The number of nitrogens with one attached hydrogen (secondary N) is 1. The number of methoxy groups -OCH3 is 1. The molecule has 1 aliphatic rings. The highest BCUT2D eigenvalue weighted by molar-refractivity contribution is 5.31. The van der Waals surface area contributed by atoms with Crippen molar-refractivity contribution in [3.8, 4) is 11.5 Å². The molecule has 1 fully saturated rings. The van der Waals surface area contributed by atoms with Gasteiger partial charge in [0.15, 0.2) is 0 Å². The van der Waals surface area contributed by atoms with Gasteiger partial charge in [-0.15, -0.1) is 0 Å². The van der Waals surface area contributed by atoms with E-state index in [9.17, 15) is 5.11 Å². The molecule has 2 rings (SSSR count). The van der Waals surface area contributed by atoms with Crippen LogP contribution in [-0.2, 0) is 0 Å². The number of aliphatic hydroxyl groups excluding tert-OH is 1. The summed E-state index contributed by atoms with van der Waals surface area (Å²) in [5, 5.41) is 13.4. The van der Waals surface area contributed by atoms with E-state index >= 15 is 0 Å². The van der Waals surface area contributed by atoms with E-state index in [2.05, 4.69) is 5.32 Å². The molecule has 4 heteroatoms. The van der Waals surface area contributed by atoms with Gasteiger partial charge >= 0.3 is 0 Å². The number of hydrogen-bond acceptors (Lipinski definition) is 4. The van der Waals surface area contributed by atoms with Crippen molar-refractivity contribution in [1.82, 2.24) is 5.32 Å². The molecule has 2 N–H and O–H groups in total. The minimum absolute atomic E-state index is 0.250. The first-order valence-corrected chi connectivity index (χ1v) is 6.95. The Morgan fingerprint density at radius 1 is 1.21 bits per heavy atom. The molecule has 0 aromatic heterocycles. The van der Waals surface area contributed by atoms with Crippen molar-refractivity contribution in [2.24, 2.45) is 5.92 Å². The summed E-state index contributed by atoms with van der Waals surface area (Å²) in [6, 6.07) is 7.52. The van der Waals surface area contributed by atoms with Gasteiger partial charge in [0.1, 0.15) is 11.5 Å². The fourth-order valence-electron chi connectivity index (χ4n) is 2.43. The fourth-order valence-corrected chi connectivity index (χ4v) is 2.43. The molecule has 1 aromatic carbocycles. The smallest absolute Gasteiger partial charge is 0.119 e. The highest BCUT2D eigenvalue weighted by Crippen LogP contribution is 2.20. The molecule has 0 radical (unpaired) electrons. The first-order valence-electron chi connectivity index (χ1n) is 6.95. The first-order chi connectivity index (χ1) is 9.29. The number of hydrogen-bond donors (Lipinski definition) is 2. The molecule has 0 spiro atoms. The average molecular weight is 265 g/mol.